The molecule has 0 aliphatic heterocycles. The Labute approximate surface area is 162 Å². The van der Waals surface area contributed by atoms with Crippen molar-refractivity contribution in [3.05, 3.63) is 21.9 Å². The van der Waals surface area contributed by atoms with E-state index in [0.717, 1.165) is 19.6 Å². The topological polar surface area (TPSA) is 93.3 Å². The molecule has 0 spiro atoms. The zero-order valence-electron chi connectivity index (χ0n) is 17.2. The fourth-order valence-corrected chi connectivity index (χ4v) is 3.10. The number of nitro groups is 1. The summed E-state index contributed by atoms with van der Waals surface area (Å²) in [7, 11) is 0. The molecule has 0 aliphatic rings. The van der Waals surface area contributed by atoms with E-state index in [2.05, 4.69) is 29.2 Å². The third-order valence-electron chi connectivity index (χ3n) is 4.54. The maximum absolute atomic E-state index is 12.3. The van der Waals surface area contributed by atoms with Gasteiger partial charge < -0.3 is 20.3 Å². The number of carbonyl (C=O) groups is 1. The van der Waals surface area contributed by atoms with Crippen LogP contribution in [0, 0.1) is 17.0 Å². The van der Waals surface area contributed by atoms with Crippen molar-refractivity contribution < 1.29 is 9.72 Å². The molecule has 8 heteroatoms. The van der Waals surface area contributed by atoms with Gasteiger partial charge in [0.2, 0.25) is 5.91 Å². The number of rotatable bonds is 14. The van der Waals surface area contributed by atoms with E-state index in [1.54, 1.807) is 6.92 Å². The van der Waals surface area contributed by atoms with Crippen molar-refractivity contribution in [3.8, 4) is 0 Å². The Morgan fingerprint density at radius 3 is 2.33 bits per heavy atom. The summed E-state index contributed by atoms with van der Waals surface area (Å²) in [4.78, 5) is 25.0. The number of hydrogen-bond donors (Lipinski definition) is 1. The predicted molar refractivity (Wildman–Crippen MR) is 107 cm³/mol. The molecule has 1 aromatic heterocycles. The van der Waals surface area contributed by atoms with Gasteiger partial charge >= 0.3 is 5.82 Å². The van der Waals surface area contributed by atoms with Crippen LogP contribution in [0.3, 0.4) is 0 Å². The fraction of sp³-hybridized carbons (Fsp3) is 0.789. The number of unbranched alkanes of at least 4 members (excludes halogenated alkanes) is 4. The number of carbonyl (C=O) groups excluding carboxylic acids is 1. The molecule has 0 saturated carbocycles. The Hall–Kier alpha value is -1.96. The van der Waals surface area contributed by atoms with Gasteiger partial charge in [-0.2, -0.15) is 4.68 Å². The monoisotopic (exact) mass is 381 g/mol. The van der Waals surface area contributed by atoms with E-state index in [1.165, 1.54) is 49.3 Å². The van der Waals surface area contributed by atoms with E-state index in [4.69, 9.17) is 0 Å². The SMILES string of the molecule is CCCCCN(CCCCC)CC(C)NC(=O)Cn1nc([N+](=O)[O-])cc1C. The molecule has 0 fully saturated rings. The molecular formula is C19H35N5O3. The minimum Gasteiger partial charge on any atom is -0.358 e. The Kier molecular flexibility index (Phi) is 10.6. The molecule has 154 valence electrons. The van der Waals surface area contributed by atoms with Crippen LogP contribution in [-0.4, -0.2) is 51.2 Å². The quantitative estimate of drug-likeness (QED) is 0.303. The van der Waals surface area contributed by atoms with E-state index in [0.29, 0.717) is 5.69 Å². The molecular weight excluding hydrogens is 346 g/mol. The first kappa shape index (κ1) is 23.1. The second-order valence-electron chi connectivity index (χ2n) is 7.24. The molecule has 0 aromatic carbocycles. The van der Waals surface area contributed by atoms with Crippen molar-refractivity contribution in [1.29, 1.82) is 0 Å². The lowest BCUT2D eigenvalue weighted by Crippen LogP contribution is -2.43. The third-order valence-corrected chi connectivity index (χ3v) is 4.54. The van der Waals surface area contributed by atoms with E-state index in [9.17, 15) is 14.9 Å². The number of aromatic nitrogens is 2. The van der Waals surface area contributed by atoms with E-state index in [-0.39, 0.29) is 24.3 Å². The largest absolute Gasteiger partial charge is 0.390 e. The first-order chi connectivity index (χ1) is 12.9. The van der Waals surface area contributed by atoms with Crippen LogP contribution in [0.5, 0.6) is 0 Å². The van der Waals surface area contributed by atoms with Crippen LogP contribution >= 0.6 is 0 Å². The van der Waals surface area contributed by atoms with Crippen molar-refractivity contribution in [2.45, 2.75) is 78.8 Å². The van der Waals surface area contributed by atoms with Gasteiger partial charge in [0.25, 0.3) is 0 Å². The molecule has 27 heavy (non-hydrogen) atoms. The van der Waals surface area contributed by atoms with Crippen molar-refractivity contribution in [3.63, 3.8) is 0 Å². The van der Waals surface area contributed by atoms with Crippen molar-refractivity contribution in [1.82, 2.24) is 20.0 Å². The van der Waals surface area contributed by atoms with Crippen LogP contribution in [0.15, 0.2) is 6.07 Å². The van der Waals surface area contributed by atoms with Gasteiger partial charge in [0.05, 0.1) is 16.9 Å². The second kappa shape index (κ2) is 12.4. The van der Waals surface area contributed by atoms with Crippen LogP contribution in [0.2, 0.25) is 0 Å². The number of aryl methyl sites for hydroxylation is 1. The minimum absolute atomic E-state index is 0.00428. The summed E-state index contributed by atoms with van der Waals surface area (Å²) in [5.41, 5.74) is 0.602. The van der Waals surface area contributed by atoms with Crippen LogP contribution in [0.1, 0.15) is 65.0 Å². The van der Waals surface area contributed by atoms with Crippen molar-refractivity contribution >= 4 is 11.7 Å². The van der Waals surface area contributed by atoms with Crippen LogP contribution in [0.4, 0.5) is 5.82 Å². The average Bonchev–Trinajstić information content (AvgIpc) is 2.96. The van der Waals surface area contributed by atoms with Gasteiger partial charge in [-0.1, -0.05) is 39.5 Å². The summed E-state index contributed by atoms with van der Waals surface area (Å²) in [6.45, 7) is 11.0. The zero-order chi connectivity index (χ0) is 20.2. The van der Waals surface area contributed by atoms with Crippen molar-refractivity contribution in [2.24, 2.45) is 0 Å². The molecule has 1 rings (SSSR count). The molecule has 1 unspecified atom stereocenters. The molecule has 1 heterocycles. The van der Waals surface area contributed by atoms with E-state index >= 15 is 0 Å². The first-order valence-electron chi connectivity index (χ1n) is 10.1. The van der Waals surface area contributed by atoms with Crippen LogP contribution < -0.4 is 5.32 Å². The van der Waals surface area contributed by atoms with E-state index < -0.39 is 4.92 Å². The molecule has 1 amide bonds. The summed E-state index contributed by atoms with van der Waals surface area (Å²) in [5, 5.41) is 17.6. The maximum atomic E-state index is 12.3. The highest BCUT2D eigenvalue weighted by Gasteiger charge is 2.19. The molecule has 0 aliphatic carbocycles. The Morgan fingerprint density at radius 2 is 1.85 bits per heavy atom. The zero-order valence-corrected chi connectivity index (χ0v) is 17.2. The number of amides is 1. The van der Waals surface area contributed by atoms with Gasteiger partial charge in [-0.25, -0.2) is 0 Å². The lowest BCUT2D eigenvalue weighted by Gasteiger charge is -2.26. The highest BCUT2D eigenvalue weighted by Crippen LogP contribution is 2.10. The predicted octanol–water partition coefficient (Wildman–Crippen LogP) is 3.29. The smallest absolute Gasteiger partial charge is 0.358 e. The fourth-order valence-electron chi connectivity index (χ4n) is 3.10. The van der Waals surface area contributed by atoms with Gasteiger partial charge in [0.1, 0.15) is 6.54 Å². The number of nitrogens with one attached hydrogen (secondary N) is 1. The maximum Gasteiger partial charge on any atom is 0.390 e. The lowest BCUT2D eigenvalue weighted by atomic mass is 10.2. The lowest BCUT2D eigenvalue weighted by molar-refractivity contribution is -0.389. The molecule has 0 saturated heterocycles. The van der Waals surface area contributed by atoms with Crippen molar-refractivity contribution in [2.75, 3.05) is 19.6 Å². The number of hydrogen-bond acceptors (Lipinski definition) is 5. The molecule has 8 nitrogen and oxygen atoms in total. The number of nitrogens with zero attached hydrogens (tertiary/aromatic N) is 4. The summed E-state index contributed by atoms with van der Waals surface area (Å²) >= 11 is 0. The molecule has 1 atom stereocenters. The third kappa shape index (κ3) is 8.99. The Balaban J connectivity index is 2.51. The first-order valence-corrected chi connectivity index (χ1v) is 10.1. The van der Waals surface area contributed by atoms with Gasteiger partial charge in [-0.15, -0.1) is 0 Å². The summed E-state index contributed by atoms with van der Waals surface area (Å²) in [5.74, 6) is -0.406. The van der Waals surface area contributed by atoms with Crippen LogP contribution in [0.25, 0.3) is 0 Å². The standard InChI is InChI=1S/C19H35N5O3/c1-5-7-9-11-22(12-10-8-6-2)14-16(3)20-19(25)15-23-17(4)13-18(21-23)24(26)27/h13,16H,5-12,14-15H2,1-4H3,(H,20,25). The van der Waals surface area contributed by atoms with Gasteiger partial charge in [0, 0.05) is 12.6 Å². The van der Waals surface area contributed by atoms with Gasteiger partial charge in [-0.05, 0) is 44.7 Å². The Bertz CT molecular complexity index is 578. The molecule has 0 radical (unpaired) electrons. The average molecular weight is 382 g/mol. The second-order valence-corrected chi connectivity index (χ2v) is 7.24. The minimum atomic E-state index is -0.547. The van der Waals surface area contributed by atoms with Crippen LogP contribution in [-0.2, 0) is 11.3 Å². The summed E-state index contributed by atoms with van der Waals surface area (Å²) < 4.78 is 1.38. The highest BCUT2D eigenvalue weighted by atomic mass is 16.6. The molecule has 1 N–H and O–H groups in total. The van der Waals surface area contributed by atoms with Gasteiger partial charge in [-0.3, -0.25) is 4.79 Å². The molecule has 1 aromatic rings. The summed E-state index contributed by atoms with van der Waals surface area (Å²) in [6, 6.07) is 1.39. The molecule has 0 bridgehead atoms. The summed E-state index contributed by atoms with van der Waals surface area (Å²) in [6.07, 6.45) is 7.21. The normalized spacial score (nSPS) is 12.3. The van der Waals surface area contributed by atoms with Gasteiger partial charge in [0.15, 0.2) is 0 Å². The van der Waals surface area contributed by atoms with E-state index in [1.807, 2.05) is 6.92 Å². The Morgan fingerprint density at radius 1 is 1.26 bits per heavy atom. The highest BCUT2D eigenvalue weighted by molar-refractivity contribution is 5.76.